The molecule has 0 atom stereocenters. The van der Waals surface area contributed by atoms with Gasteiger partial charge in [0.2, 0.25) is 0 Å². The number of anilines is 1. The van der Waals surface area contributed by atoms with Crippen LogP contribution in [-0.2, 0) is 4.79 Å². The molecule has 0 spiro atoms. The lowest BCUT2D eigenvalue weighted by Gasteiger charge is -2.03. The first-order chi connectivity index (χ1) is 6.43. The molecule has 0 fully saturated rings. The summed E-state index contributed by atoms with van der Waals surface area (Å²) in [6, 6.07) is 10.1. The molecule has 0 amide bonds. The number of benzene rings is 1. The molecule has 1 aromatic rings. The average molecular weight is 176 g/mol. The smallest absolute Gasteiger partial charge is 0.198 e. The predicted molar refractivity (Wildman–Crippen MR) is 54.5 cm³/mol. The second-order valence-electron chi connectivity index (χ2n) is 2.89. The highest BCUT2D eigenvalue weighted by Gasteiger charge is 1.89. The molecular weight excluding hydrogens is 162 g/mol. The fourth-order valence-corrected chi connectivity index (χ4v) is 1.11. The molecule has 0 aromatic heterocycles. The summed E-state index contributed by atoms with van der Waals surface area (Å²) < 4.78 is 0. The van der Waals surface area contributed by atoms with Gasteiger partial charge in [0, 0.05) is 18.7 Å². The van der Waals surface area contributed by atoms with Crippen LogP contribution in [0.4, 0.5) is 5.69 Å². The number of para-hydroxylation sites is 1. The molecule has 0 unspecified atom stereocenters. The molecule has 0 heterocycles. The predicted octanol–water partition coefficient (Wildman–Crippen LogP) is 2.38. The van der Waals surface area contributed by atoms with Gasteiger partial charge >= 0.3 is 0 Å². The summed E-state index contributed by atoms with van der Waals surface area (Å²) in [7, 11) is 0. The largest absolute Gasteiger partial charge is 0.385 e. The third-order valence-electron chi connectivity index (χ3n) is 1.81. The molecule has 2 heteroatoms. The van der Waals surface area contributed by atoms with Crippen LogP contribution in [0.1, 0.15) is 19.3 Å². The van der Waals surface area contributed by atoms with Gasteiger partial charge in [0.1, 0.15) is 0 Å². The van der Waals surface area contributed by atoms with Crippen LogP contribution in [0.2, 0.25) is 0 Å². The standard InChI is InChI=1S/C11H14NO/c13-10-6-2-5-9-12-11-7-3-1-4-8-11/h1,3-4,7-8,12H,2,5-6,9H2. The monoisotopic (exact) mass is 176 g/mol. The van der Waals surface area contributed by atoms with Crippen molar-refractivity contribution in [1.29, 1.82) is 0 Å². The van der Waals surface area contributed by atoms with Crippen molar-refractivity contribution >= 4 is 12.0 Å². The van der Waals surface area contributed by atoms with Gasteiger partial charge in [-0.25, -0.2) is 0 Å². The van der Waals surface area contributed by atoms with Crippen molar-refractivity contribution in [3.05, 3.63) is 30.3 Å². The van der Waals surface area contributed by atoms with Crippen molar-refractivity contribution in [2.75, 3.05) is 11.9 Å². The minimum atomic E-state index is 0.552. The molecular formula is C11H14NO. The molecule has 0 aliphatic rings. The first-order valence-corrected chi connectivity index (χ1v) is 4.57. The molecule has 2 nitrogen and oxygen atoms in total. The van der Waals surface area contributed by atoms with Crippen LogP contribution >= 0.6 is 0 Å². The number of hydrogen-bond acceptors (Lipinski definition) is 2. The first kappa shape index (κ1) is 9.78. The molecule has 0 bridgehead atoms. The van der Waals surface area contributed by atoms with E-state index in [1.165, 1.54) is 0 Å². The highest BCUT2D eigenvalue weighted by Crippen LogP contribution is 2.05. The van der Waals surface area contributed by atoms with Gasteiger partial charge < -0.3 is 5.32 Å². The van der Waals surface area contributed by atoms with Gasteiger partial charge in [0.05, 0.1) is 0 Å². The van der Waals surface area contributed by atoms with Gasteiger partial charge in [-0.05, 0) is 25.0 Å². The second-order valence-corrected chi connectivity index (χ2v) is 2.89. The normalized spacial score (nSPS) is 9.54. The molecule has 69 valence electrons. The van der Waals surface area contributed by atoms with Crippen LogP contribution in [-0.4, -0.2) is 12.8 Å². The Labute approximate surface area is 79.0 Å². The van der Waals surface area contributed by atoms with Crippen LogP contribution in [0.25, 0.3) is 0 Å². The lowest BCUT2D eigenvalue weighted by atomic mass is 10.2. The summed E-state index contributed by atoms with van der Waals surface area (Å²) in [6.07, 6.45) is 4.38. The first-order valence-electron chi connectivity index (χ1n) is 4.57. The van der Waals surface area contributed by atoms with Gasteiger partial charge in [-0.1, -0.05) is 18.2 Å². The SMILES string of the molecule is O=[C]CCCCNc1ccccc1. The summed E-state index contributed by atoms with van der Waals surface area (Å²) in [4.78, 5) is 9.89. The molecule has 1 N–H and O–H groups in total. The third-order valence-corrected chi connectivity index (χ3v) is 1.81. The molecule has 1 aromatic carbocycles. The van der Waals surface area contributed by atoms with Gasteiger partial charge in [0.25, 0.3) is 0 Å². The van der Waals surface area contributed by atoms with E-state index in [2.05, 4.69) is 5.32 Å². The molecule has 0 saturated heterocycles. The maximum atomic E-state index is 9.89. The summed E-state index contributed by atoms with van der Waals surface area (Å²) >= 11 is 0. The molecule has 1 radical (unpaired) electrons. The Morgan fingerprint density at radius 2 is 1.92 bits per heavy atom. The Bertz CT molecular complexity index is 233. The van der Waals surface area contributed by atoms with Crippen LogP contribution in [0.3, 0.4) is 0 Å². The Morgan fingerprint density at radius 3 is 2.62 bits per heavy atom. The Hall–Kier alpha value is -1.31. The summed E-state index contributed by atoms with van der Waals surface area (Å²) in [6.45, 7) is 0.922. The number of rotatable bonds is 6. The summed E-state index contributed by atoms with van der Waals surface area (Å²) in [5.41, 5.74) is 1.14. The molecule has 13 heavy (non-hydrogen) atoms. The van der Waals surface area contributed by atoms with Crippen molar-refractivity contribution in [3.8, 4) is 0 Å². The van der Waals surface area contributed by atoms with E-state index in [9.17, 15) is 4.79 Å². The number of nitrogens with one attached hydrogen (secondary N) is 1. The number of hydrogen-bond donors (Lipinski definition) is 1. The minimum Gasteiger partial charge on any atom is -0.385 e. The van der Waals surface area contributed by atoms with E-state index >= 15 is 0 Å². The molecule has 0 aliphatic carbocycles. The van der Waals surface area contributed by atoms with E-state index in [-0.39, 0.29) is 0 Å². The van der Waals surface area contributed by atoms with Gasteiger partial charge in [-0.3, -0.25) is 4.79 Å². The summed E-state index contributed by atoms with van der Waals surface area (Å²) in [5, 5.41) is 3.27. The quantitative estimate of drug-likeness (QED) is 0.674. The maximum absolute atomic E-state index is 9.89. The van der Waals surface area contributed by atoms with Crippen molar-refractivity contribution in [2.24, 2.45) is 0 Å². The van der Waals surface area contributed by atoms with Crippen molar-refractivity contribution < 1.29 is 4.79 Å². The van der Waals surface area contributed by atoms with Crippen LogP contribution in [0, 0.1) is 0 Å². The van der Waals surface area contributed by atoms with Crippen molar-refractivity contribution in [1.82, 2.24) is 0 Å². The Morgan fingerprint density at radius 1 is 1.15 bits per heavy atom. The average Bonchev–Trinajstić information content (AvgIpc) is 2.19. The zero-order valence-electron chi connectivity index (χ0n) is 7.62. The Kier molecular flexibility index (Phi) is 4.69. The maximum Gasteiger partial charge on any atom is 0.198 e. The van der Waals surface area contributed by atoms with E-state index in [1.54, 1.807) is 0 Å². The van der Waals surface area contributed by atoms with E-state index in [1.807, 2.05) is 36.6 Å². The molecule has 1 rings (SSSR count). The zero-order valence-corrected chi connectivity index (χ0v) is 7.62. The van der Waals surface area contributed by atoms with Gasteiger partial charge in [-0.15, -0.1) is 0 Å². The fourth-order valence-electron chi connectivity index (χ4n) is 1.11. The number of unbranched alkanes of at least 4 members (excludes halogenated alkanes) is 2. The van der Waals surface area contributed by atoms with Crippen LogP contribution < -0.4 is 5.32 Å². The lowest BCUT2D eigenvalue weighted by molar-refractivity contribution is 0.547. The number of carbonyl (C=O) groups excluding carboxylic acids is 1. The highest BCUT2D eigenvalue weighted by atomic mass is 16.1. The van der Waals surface area contributed by atoms with E-state index in [4.69, 9.17) is 0 Å². The van der Waals surface area contributed by atoms with Crippen LogP contribution in [0.5, 0.6) is 0 Å². The highest BCUT2D eigenvalue weighted by molar-refractivity contribution is 5.50. The third kappa shape index (κ3) is 4.31. The second kappa shape index (κ2) is 6.23. The summed E-state index contributed by atoms with van der Waals surface area (Å²) in [5.74, 6) is 0. The molecule has 0 aliphatic heterocycles. The van der Waals surface area contributed by atoms with Crippen molar-refractivity contribution in [3.63, 3.8) is 0 Å². The lowest BCUT2D eigenvalue weighted by Crippen LogP contribution is -2.00. The fraction of sp³-hybridized carbons (Fsp3) is 0.364. The van der Waals surface area contributed by atoms with Crippen LogP contribution in [0.15, 0.2) is 30.3 Å². The van der Waals surface area contributed by atoms with Gasteiger partial charge in [-0.2, -0.15) is 0 Å². The van der Waals surface area contributed by atoms with E-state index < -0.39 is 0 Å². The van der Waals surface area contributed by atoms with Gasteiger partial charge in [0.15, 0.2) is 6.29 Å². The van der Waals surface area contributed by atoms with E-state index in [0.717, 1.165) is 25.1 Å². The zero-order chi connectivity index (χ0) is 9.36. The topological polar surface area (TPSA) is 29.1 Å². The van der Waals surface area contributed by atoms with Crippen molar-refractivity contribution in [2.45, 2.75) is 19.3 Å². The minimum absolute atomic E-state index is 0.552. The Balaban J connectivity index is 2.10. The molecule has 0 saturated carbocycles. The van der Waals surface area contributed by atoms with E-state index in [0.29, 0.717) is 6.42 Å².